The fraction of sp³-hybridized carbons (Fsp3) is 0.700. The number of hydrogen-bond donors (Lipinski definition) is 1. The van der Waals surface area contributed by atoms with Crippen LogP contribution in [-0.4, -0.2) is 14.9 Å². The van der Waals surface area contributed by atoms with Gasteiger partial charge in [0.2, 0.25) is 0 Å². The molecule has 3 nitrogen and oxygen atoms in total. The standard InChI is InChI=1S/C10H15BrN2O/c1-2-5-13-9(8(11)6-12-13)10(14)7-3-4-7/h6-7,10,14H,2-5H2,1H3. The van der Waals surface area contributed by atoms with E-state index in [0.717, 1.165) is 36.0 Å². The summed E-state index contributed by atoms with van der Waals surface area (Å²) in [5, 5.41) is 14.3. The maximum absolute atomic E-state index is 10.0. The van der Waals surface area contributed by atoms with Crippen molar-refractivity contribution >= 4 is 15.9 Å². The molecule has 1 saturated carbocycles. The normalized spacial score (nSPS) is 18.5. The molecule has 1 aromatic heterocycles. The van der Waals surface area contributed by atoms with Crippen LogP contribution < -0.4 is 0 Å². The Morgan fingerprint density at radius 2 is 2.43 bits per heavy atom. The van der Waals surface area contributed by atoms with Gasteiger partial charge in [-0.25, -0.2) is 0 Å². The van der Waals surface area contributed by atoms with Gasteiger partial charge in [0.25, 0.3) is 0 Å². The van der Waals surface area contributed by atoms with Crippen molar-refractivity contribution in [3.8, 4) is 0 Å². The van der Waals surface area contributed by atoms with E-state index in [1.807, 2.05) is 4.68 Å². The van der Waals surface area contributed by atoms with Crippen LogP contribution >= 0.6 is 15.9 Å². The largest absolute Gasteiger partial charge is 0.386 e. The van der Waals surface area contributed by atoms with Gasteiger partial charge in [-0.15, -0.1) is 0 Å². The van der Waals surface area contributed by atoms with Crippen LogP contribution in [0.3, 0.4) is 0 Å². The number of halogens is 1. The second-order valence-corrected chi connectivity index (χ2v) is 4.74. The van der Waals surface area contributed by atoms with Crippen LogP contribution in [-0.2, 0) is 6.54 Å². The van der Waals surface area contributed by atoms with E-state index in [1.54, 1.807) is 6.20 Å². The first kappa shape index (κ1) is 10.2. The van der Waals surface area contributed by atoms with Gasteiger partial charge in [-0.05, 0) is 41.1 Å². The minimum atomic E-state index is -0.335. The molecule has 0 aliphatic heterocycles. The highest BCUT2D eigenvalue weighted by Crippen LogP contribution is 2.42. The number of nitrogens with zero attached hydrogens (tertiary/aromatic N) is 2. The Kier molecular flexibility index (Phi) is 2.93. The zero-order valence-corrected chi connectivity index (χ0v) is 9.87. The summed E-state index contributed by atoms with van der Waals surface area (Å²) >= 11 is 3.44. The van der Waals surface area contributed by atoms with Crippen molar-refractivity contribution in [2.75, 3.05) is 0 Å². The Morgan fingerprint density at radius 1 is 1.71 bits per heavy atom. The molecule has 1 aliphatic rings. The van der Waals surface area contributed by atoms with Gasteiger partial charge < -0.3 is 5.11 Å². The Bertz CT molecular complexity index is 320. The van der Waals surface area contributed by atoms with E-state index in [9.17, 15) is 5.11 Å². The van der Waals surface area contributed by atoms with Crippen LogP contribution in [0.5, 0.6) is 0 Å². The lowest BCUT2D eigenvalue weighted by Crippen LogP contribution is -2.10. The highest BCUT2D eigenvalue weighted by molar-refractivity contribution is 9.10. The minimum absolute atomic E-state index is 0.335. The lowest BCUT2D eigenvalue weighted by atomic mass is 10.1. The van der Waals surface area contributed by atoms with Crippen LogP contribution in [0.15, 0.2) is 10.7 Å². The number of aryl methyl sites for hydroxylation is 1. The average molecular weight is 259 g/mol. The van der Waals surface area contributed by atoms with Crippen molar-refractivity contribution in [3.05, 3.63) is 16.4 Å². The molecule has 78 valence electrons. The third-order valence-electron chi connectivity index (χ3n) is 2.62. The highest BCUT2D eigenvalue weighted by Gasteiger charge is 2.34. The van der Waals surface area contributed by atoms with E-state index in [4.69, 9.17) is 0 Å². The SMILES string of the molecule is CCCn1ncc(Br)c1C(O)C1CC1. The molecule has 1 fully saturated rings. The molecule has 1 heterocycles. The maximum Gasteiger partial charge on any atom is 0.0996 e. The minimum Gasteiger partial charge on any atom is -0.386 e. The molecule has 1 unspecified atom stereocenters. The molecule has 0 spiro atoms. The zero-order chi connectivity index (χ0) is 10.1. The number of aromatic nitrogens is 2. The van der Waals surface area contributed by atoms with E-state index in [1.165, 1.54) is 0 Å². The third-order valence-corrected chi connectivity index (χ3v) is 3.23. The van der Waals surface area contributed by atoms with Crippen molar-refractivity contribution < 1.29 is 5.11 Å². The van der Waals surface area contributed by atoms with E-state index in [2.05, 4.69) is 28.0 Å². The molecule has 1 atom stereocenters. The molecule has 1 aromatic rings. The molecule has 0 saturated heterocycles. The van der Waals surface area contributed by atoms with Gasteiger partial charge in [0.15, 0.2) is 0 Å². The summed E-state index contributed by atoms with van der Waals surface area (Å²) in [6.45, 7) is 2.99. The lowest BCUT2D eigenvalue weighted by Gasteiger charge is -2.12. The first-order chi connectivity index (χ1) is 6.74. The molecule has 0 aromatic carbocycles. The summed E-state index contributed by atoms with van der Waals surface area (Å²) in [5.41, 5.74) is 0.953. The summed E-state index contributed by atoms with van der Waals surface area (Å²) in [6.07, 6.45) is 4.77. The Hall–Kier alpha value is -0.350. The molecular formula is C10H15BrN2O. The van der Waals surface area contributed by atoms with Gasteiger partial charge in [-0.2, -0.15) is 5.10 Å². The lowest BCUT2D eigenvalue weighted by molar-refractivity contribution is 0.142. The maximum atomic E-state index is 10.0. The zero-order valence-electron chi connectivity index (χ0n) is 8.28. The van der Waals surface area contributed by atoms with Crippen molar-refractivity contribution in [3.63, 3.8) is 0 Å². The van der Waals surface area contributed by atoms with Gasteiger partial charge in [0.05, 0.1) is 22.5 Å². The number of aliphatic hydroxyl groups is 1. The Balaban J connectivity index is 2.23. The van der Waals surface area contributed by atoms with Gasteiger partial charge >= 0.3 is 0 Å². The summed E-state index contributed by atoms with van der Waals surface area (Å²) in [5.74, 6) is 0.457. The first-order valence-electron chi connectivity index (χ1n) is 5.13. The van der Waals surface area contributed by atoms with Crippen LogP contribution in [0.2, 0.25) is 0 Å². The smallest absolute Gasteiger partial charge is 0.0996 e. The molecule has 0 amide bonds. The van der Waals surface area contributed by atoms with E-state index < -0.39 is 0 Å². The fourth-order valence-corrected chi connectivity index (χ4v) is 2.22. The van der Waals surface area contributed by atoms with Crippen molar-refractivity contribution in [1.29, 1.82) is 0 Å². The topological polar surface area (TPSA) is 38.0 Å². The van der Waals surface area contributed by atoms with Gasteiger partial charge in [0, 0.05) is 6.54 Å². The molecule has 1 N–H and O–H groups in total. The summed E-state index contributed by atoms with van der Waals surface area (Å²) in [4.78, 5) is 0. The van der Waals surface area contributed by atoms with Gasteiger partial charge in [-0.3, -0.25) is 4.68 Å². The molecule has 2 rings (SSSR count). The number of aliphatic hydroxyl groups excluding tert-OH is 1. The van der Waals surface area contributed by atoms with Crippen LogP contribution in [0, 0.1) is 5.92 Å². The molecule has 14 heavy (non-hydrogen) atoms. The molecular weight excluding hydrogens is 244 g/mol. The van der Waals surface area contributed by atoms with E-state index in [0.29, 0.717) is 5.92 Å². The van der Waals surface area contributed by atoms with Crippen LogP contribution in [0.1, 0.15) is 38.0 Å². The van der Waals surface area contributed by atoms with Crippen molar-refractivity contribution in [2.24, 2.45) is 5.92 Å². The van der Waals surface area contributed by atoms with Crippen molar-refractivity contribution in [1.82, 2.24) is 9.78 Å². The first-order valence-corrected chi connectivity index (χ1v) is 5.92. The molecule has 0 radical (unpaired) electrons. The predicted octanol–water partition coefficient (Wildman–Crippen LogP) is 2.50. The highest BCUT2D eigenvalue weighted by atomic mass is 79.9. The summed E-state index contributed by atoms with van der Waals surface area (Å²) in [7, 11) is 0. The number of hydrogen-bond acceptors (Lipinski definition) is 2. The monoisotopic (exact) mass is 258 g/mol. The van der Waals surface area contributed by atoms with E-state index in [-0.39, 0.29) is 6.10 Å². The third kappa shape index (κ3) is 1.86. The van der Waals surface area contributed by atoms with Gasteiger partial charge in [0.1, 0.15) is 0 Å². The summed E-state index contributed by atoms with van der Waals surface area (Å²) in [6, 6.07) is 0. The molecule has 1 aliphatic carbocycles. The molecule has 4 heteroatoms. The predicted molar refractivity (Wildman–Crippen MR) is 57.9 cm³/mol. The average Bonchev–Trinajstić information content (AvgIpc) is 2.93. The summed E-state index contributed by atoms with van der Waals surface area (Å²) < 4.78 is 2.85. The van der Waals surface area contributed by atoms with Crippen LogP contribution in [0.25, 0.3) is 0 Å². The molecule has 0 bridgehead atoms. The number of rotatable bonds is 4. The van der Waals surface area contributed by atoms with E-state index >= 15 is 0 Å². The second kappa shape index (κ2) is 4.03. The van der Waals surface area contributed by atoms with Gasteiger partial charge in [-0.1, -0.05) is 6.92 Å². The quantitative estimate of drug-likeness (QED) is 0.902. The van der Waals surface area contributed by atoms with Crippen molar-refractivity contribution in [2.45, 2.75) is 38.8 Å². The van der Waals surface area contributed by atoms with Crippen LogP contribution in [0.4, 0.5) is 0 Å². The fourth-order valence-electron chi connectivity index (χ4n) is 1.69. The Labute approximate surface area is 92.2 Å². The second-order valence-electron chi connectivity index (χ2n) is 3.88. The Morgan fingerprint density at radius 3 is 3.00 bits per heavy atom.